The van der Waals surface area contributed by atoms with Crippen molar-refractivity contribution in [1.82, 2.24) is 20.5 Å². The van der Waals surface area contributed by atoms with Gasteiger partial charge in [-0.3, -0.25) is 0 Å². The molecule has 1 aliphatic rings. The van der Waals surface area contributed by atoms with Crippen molar-refractivity contribution < 1.29 is 14.6 Å². The monoisotopic (exact) mass is 356 g/mol. The Hall–Kier alpha value is -1.22. The van der Waals surface area contributed by atoms with Gasteiger partial charge in [-0.2, -0.15) is 0 Å². The highest BCUT2D eigenvalue weighted by Gasteiger charge is 2.22. The fourth-order valence-corrected chi connectivity index (χ4v) is 3.63. The van der Waals surface area contributed by atoms with E-state index in [4.69, 9.17) is 4.74 Å². The Morgan fingerprint density at radius 3 is 2.92 bits per heavy atom. The van der Waals surface area contributed by atoms with Crippen molar-refractivity contribution in [3.05, 3.63) is 16.1 Å². The number of aliphatic hydroxyl groups excluding tert-OH is 1. The van der Waals surface area contributed by atoms with E-state index in [9.17, 15) is 9.90 Å². The molecule has 1 saturated heterocycles. The van der Waals surface area contributed by atoms with Gasteiger partial charge in [-0.1, -0.05) is 0 Å². The van der Waals surface area contributed by atoms with Crippen LogP contribution < -0.4 is 10.6 Å². The van der Waals surface area contributed by atoms with E-state index in [0.717, 1.165) is 37.4 Å². The van der Waals surface area contributed by atoms with Crippen LogP contribution in [0.5, 0.6) is 0 Å². The first kappa shape index (κ1) is 19.1. The highest BCUT2D eigenvalue weighted by Crippen LogP contribution is 2.12. The Balaban J connectivity index is 1.58. The summed E-state index contributed by atoms with van der Waals surface area (Å²) in [6.45, 7) is 5.37. The number of amides is 2. The average Bonchev–Trinajstić information content (AvgIpc) is 2.95. The molecule has 0 bridgehead atoms. The molecule has 1 atom stereocenters. The van der Waals surface area contributed by atoms with Gasteiger partial charge in [-0.25, -0.2) is 9.78 Å². The predicted octanol–water partition coefficient (Wildman–Crippen LogP) is 0.765. The average molecular weight is 356 g/mol. The molecule has 7 nitrogen and oxygen atoms in total. The molecular formula is C16H28N4O3S. The summed E-state index contributed by atoms with van der Waals surface area (Å²) in [5, 5.41) is 16.7. The zero-order chi connectivity index (χ0) is 17.4. The van der Waals surface area contributed by atoms with Crippen molar-refractivity contribution in [1.29, 1.82) is 0 Å². The van der Waals surface area contributed by atoms with Crippen molar-refractivity contribution >= 4 is 17.4 Å². The SMILES string of the molecule is COCC(O)CN1CCC(NC(=O)NCCc2ncc(C)s2)CC1. The van der Waals surface area contributed by atoms with Crippen molar-refractivity contribution in [2.45, 2.75) is 38.3 Å². The minimum Gasteiger partial charge on any atom is -0.389 e. The molecule has 1 aromatic rings. The lowest BCUT2D eigenvalue weighted by molar-refractivity contribution is 0.0314. The number of methoxy groups -OCH3 is 1. The van der Waals surface area contributed by atoms with Crippen LogP contribution in [0.1, 0.15) is 22.7 Å². The van der Waals surface area contributed by atoms with E-state index in [1.54, 1.807) is 18.4 Å². The van der Waals surface area contributed by atoms with E-state index in [0.29, 0.717) is 19.7 Å². The molecule has 1 aromatic heterocycles. The van der Waals surface area contributed by atoms with Gasteiger partial charge in [0.15, 0.2) is 0 Å². The van der Waals surface area contributed by atoms with E-state index in [-0.39, 0.29) is 12.1 Å². The van der Waals surface area contributed by atoms with Crippen LogP contribution in [0.4, 0.5) is 4.79 Å². The van der Waals surface area contributed by atoms with E-state index < -0.39 is 6.10 Å². The molecule has 136 valence electrons. The Morgan fingerprint density at radius 1 is 1.54 bits per heavy atom. The molecule has 0 aromatic carbocycles. The van der Waals surface area contributed by atoms with Crippen LogP contribution >= 0.6 is 11.3 Å². The molecule has 0 spiro atoms. The smallest absolute Gasteiger partial charge is 0.315 e. The summed E-state index contributed by atoms with van der Waals surface area (Å²) in [6, 6.07) is 0.0871. The van der Waals surface area contributed by atoms with Gasteiger partial charge in [0.1, 0.15) is 0 Å². The van der Waals surface area contributed by atoms with Gasteiger partial charge in [0, 0.05) is 56.8 Å². The first-order valence-corrected chi connectivity index (χ1v) is 9.23. The van der Waals surface area contributed by atoms with E-state index in [1.807, 2.05) is 13.1 Å². The number of piperidine rings is 1. The van der Waals surface area contributed by atoms with Crippen LogP contribution in [0.15, 0.2) is 6.20 Å². The molecular weight excluding hydrogens is 328 g/mol. The molecule has 1 fully saturated rings. The molecule has 1 aliphatic heterocycles. The normalized spacial score (nSPS) is 17.6. The third kappa shape index (κ3) is 6.72. The summed E-state index contributed by atoms with van der Waals surface area (Å²) in [7, 11) is 1.59. The maximum Gasteiger partial charge on any atom is 0.315 e. The van der Waals surface area contributed by atoms with Crippen LogP contribution in [0.3, 0.4) is 0 Å². The second-order valence-corrected chi connectivity index (χ2v) is 7.52. The van der Waals surface area contributed by atoms with Gasteiger partial charge in [-0.15, -0.1) is 11.3 Å². The summed E-state index contributed by atoms with van der Waals surface area (Å²) in [5.41, 5.74) is 0. The summed E-state index contributed by atoms with van der Waals surface area (Å²) >= 11 is 1.67. The maximum atomic E-state index is 11.9. The van der Waals surface area contributed by atoms with Gasteiger partial charge in [0.05, 0.1) is 17.7 Å². The molecule has 8 heteroatoms. The third-order valence-corrected chi connectivity index (χ3v) is 5.02. The predicted molar refractivity (Wildman–Crippen MR) is 94.4 cm³/mol. The molecule has 0 radical (unpaired) electrons. The quantitative estimate of drug-likeness (QED) is 0.640. The Kier molecular flexibility index (Phi) is 7.90. The van der Waals surface area contributed by atoms with Gasteiger partial charge in [-0.05, 0) is 19.8 Å². The second kappa shape index (κ2) is 9.93. The number of likely N-dealkylation sites (tertiary alicyclic amines) is 1. The Morgan fingerprint density at radius 2 is 2.29 bits per heavy atom. The topological polar surface area (TPSA) is 86.7 Å². The second-order valence-electron chi connectivity index (χ2n) is 6.20. The molecule has 3 N–H and O–H groups in total. The highest BCUT2D eigenvalue weighted by molar-refractivity contribution is 7.11. The number of hydrogen-bond acceptors (Lipinski definition) is 6. The lowest BCUT2D eigenvalue weighted by Crippen LogP contribution is -2.49. The molecule has 2 amide bonds. The molecule has 0 saturated carbocycles. The van der Waals surface area contributed by atoms with Gasteiger partial charge in [0.2, 0.25) is 0 Å². The number of thiazole rings is 1. The number of carbonyl (C=O) groups excluding carboxylic acids is 1. The number of β-amino-alcohol motifs (C(OH)–C–C–N with tert-alkyl or cyclic N) is 1. The Bertz CT molecular complexity index is 503. The molecule has 2 rings (SSSR count). The van der Waals surface area contributed by atoms with Crippen LogP contribution in [0.25, 0.3) is 0 Å². The van der Waals surface area contributed by atoms with Crippen LogP contribution in [-0.4, -0.2) is 73.1 Å². The molecule has 1 unspecified atom stereocenters. The number of aryl methyl sites for hydroxylation is 1. The fourth-order valence-electron chi connectivity index (χ4n) is 2.84. The van der Waals surface area contributed by atoms with Gasteiger partial charge < -0.3 is 25.4 Å². The number of urea groups is 1. The standard InChI is InChI=1S/C16H28N4O3S/c1-12-9-18-15(24-12)3-6-17-16(22)19-13-4-7-20(8-5-13)10-14(21)11-23-2/h9,13-14,21H,3-8,10-11H2,1-2H3,(H2,17,19,22). The molecule has 0 aliphatic carbocycles. The van der Waals surface area contributed by atoms with Crippen molar-refractivity contribution in [2.24, 2.45) is 0 Å². The number of ether oxygens (including phenoxy) is 1. The first-order valence-electron chi connectivity index (χ1n) is 8.42. The van der Waals surface area contributed by atoms with E-state index in [1.165, 1.54) is 4.88 Å². The van der Waals surface area contributed by atoms with Crippen LogP contribution in [0, 0.1) is 6.92 Å². The molecule has 24 heavy (non-hydrogen) atoms. The number of aliphatic hydroxyl groups is 1. The van der Waals surface area contributed by atoms with Crippen molar-refractivity contribution in [3.63, 3.8) is 0 Å². The minimum absolute atomic E-state index is 0.110. The first-order chi connectivity index (χ1) is 11.6. The van der Waals surface area contributed by atoms with Crippen molar-refractivity contribution in [3.8, 4) is 0 Å². The number of nitrogens with one attached hydrogen (secondary N) is 2. The number of carbonyl (C=O) groups is 1. The maximum absolute atomic E-state index is 11.9. The number of hydrogen-bond donors (Lipinski definition) is 3. The zero-order valence-electron chi connectivity index (χ0n) is 14.5. The minimum atomic E-state index is -0.447. The number of nitrogens with zero attached hydrogens (tertiary/aromatic N) is 2. The van der Waals surface area contributed by atoms with Crippen molar-refractivity contribution in [2.75, 3.05) is 39.9 Å². The summed E-state index contributed by atoms with van der Waals surface area (Å²) in [4.78, 5) is 19.6. The highest BCUT2D eigenvalue weighted by atomic mass is 32.1. The summed E-state index contributed by atoms with van der Waals surface area (Å²) < 4.78 is 4.94. The lowest BCUT2D eigenvalue weighted by atomic mass is 10.0. The third-order valence-electron chi connectivity index (χ3n) is 4.04. The van der Waals surface area contributed by atoms with Crippen LogP contribution in [0.2, 0.25) is 0 Å². The van der Waals surface area contributed by atoms with Gasteiger partial charge >= 0.3 is 6.03 Å². The largest absolute Gasteiger partial charge is 0.389 e. The number of rotatable bonds is 8. The van der Waals surface area contributed by atoms with E-state index >= 15 is 0 Å². The lowest BCUT2D eigenvalue weighted by Gasteiger charge is -2.33. The number of aromatic nitrogens is 1. The Labute approximate surface area is 147 Å². The zero-order valence-corrected chi connectivity index (χ0v) is 15.3. The summed E-state index contributed by atoms with van der Waals surface area (Å²) in [5.74, 6) is 0. The van der Waals surface area contributed by atoms with Gasteiger partial charge in [0.25, 0.3) is 0 Å². The van der Waals surface area contributed by atoms with E-state index in [2.05, 4.69) is 20.5 Å². The fraction of sp³-hybridized carbons (Fsp3) is 0.750. The van der Waals surface area contributed by atoms with Crippen LogP contribution in [-0.2, 0) is 11.2 Å². The molecule has 2 heterocycles. The summed E-state index contributed by atoms with van der Waals surface area (Å²) in [6.07, 6.45) is 3.98.